The molecule has 1 saturated heterocycles. The maximum Gasteiger partial charge on any atom is 0.192 e. The Kier molecular flexibility index (Phi) is 14.2. The molecule has 0 amide bonds. The van der Waals surface area contributed by atoms with Crippen molar-refractivity contribution >= 4 is 16.6 Å². The second kappa shape index (κ2) is 16.2. The van der Waals surface area contributed by atoms with Crippen molar-refractivity contribution in [2.75, 3.05) is 20.3 Å². The molecule has 0 saturated carbocycles. The number of methoxy groups -OCH3 is 1. The fourth-order valence-corrected chi connectivity index (χ4v) is 9.58. The summed E-state index contributed by atoms with van der Waals surface area (Å²) in [6.45, 7) is 28.6. The topological polar surface area (TPSA) is 46.2 Å². The molecule has 1 heterocycles. The Morgan fingerprint density at radius 3 is 2.17 bits per heavy atom. The van der Waals surface area contributed by atoms with E-state index in [-0.39, 0.29) is 29.1 Å². The van der Waals surface area contributed by atoms with Crippen molar-refractivity contribution in [2.45, 2.75) is 124 Å². The van der Waals surface area contributed by atoms with E-state index in [1.807, 2.05) is 24.3 Å². The first-order chi connectivity index (χ1) is 19.7. The lowest BCUT2D eigenvalue weighted by molar-refractivity contribution is -0.257. The number of allylic oxidation sites excluding steroid dienone is 3. The zero-order valence-electron chi connectivity index (χ0n) is 29.1. The molecule has 1 aromatic rings. The molecule has 0 N–H and O–H groups in total. The molecule has 0 unspecified atom stereocenters. The van der Waals surface area contributed by atoms with E-state index < -0.39 is 22.9 Å². The summed E-state index contributed by atoms with van der Waals surface area (Å²) in [5.41, 5.74) is 2.28. The molecular weight excluding hydrogens is 557 g/mol. The third kappa shape index (κ3) is 9.64. The van der Waals surface area contributed by atoms with Gasteiger partial charge < -0.3 is 23.1 Å². The van der Waals surface area contributed by atoms with Gasteiger partial charge >= 0.3 is 0 Å². The molecule has 7 heteroatoms. The Labute approximate surface area is 260 Å². The summed E-state index contributed by atoms with van der Waals surface area (Å²) in [5, 5.41) is 0.113. The summed E-state index contributed by atoms with van der Waals surface area (Å²) in [6, 6.07) is 11.3. The zero-order valence-corrected chi connectivity index (χ0v) is 31.1. The molecule has 42 heavy (non-hydrogen) atoms. The molecule has 1 aromatic carbocycles. The van der Waals surface area contributed by atoms with Crippen LogP contribution in [0.25, 0.3) is 0 Å². The van der Waals surface area contributed by atoms with Crippen molar-refractivity contribution in [3.05, 3.63) is 53.6 Å². The molecule has 1 aliphatic rings. The first kappa shape index (κ1) is 37.0. The SMILES string of the molecule is C/C=C\[C@H](C)/C=C(\C)[C@@H](O[Si](CC)(CC)CC)[C@@H](CO[Si](C)(C)C(C)(C)C)[C@H]1O[C@@H](c2ccc(OC)cc2)OC[C@H]1C. The monoisotopic (exact) mass is 618 g/mol. The van der Waals surface area contributed by atoms with Gasteiger partial charge in [0.1, 0.15) is 5.75 Å². The van der Waals surface area contributed by atoms with Crippen LogP contribution in [0.3, 0.4) is 0 Å². The molecular formula is C35H62O5Si2. The largest absolute Gasteiger partial charge is 0.497 e. The number of ether oxygens (including phenoxy) is 3. The minimum atomic E-state index is -2.03. The molecule has 0 aromatic heterocycles. The second-order valence-corrected chi connectivity index (χ2v) is 23.4. The lowest BCUT2D eigenvalue weighted by Crippen LogP contribution is -2.53. The smallest absolute Gasteiger partial charge is 0.192 e. The number of benzene rings is 1. The van der Waals surface area contributed by atoms with Crippen LogP contribution in [0, 0.1) is 17.8 Å². The Hall–Kier alpha value is -1.23. The van der Waals surface area contributed by atoms with E-state index in [4.69, 9.17) is 23.1 Å². The molecule has 240 valence electrons. The lowest BCUT2D eigenvalue weighted by Gasteiger charge is -2.46. The third-order valence-corrected chi connectivity index (χ3v) is 18.9. The minimum absolute atomic E-state index is 0.0318. The van der Waals surface area contributed by atoms with Gasteiger partial charge in [-0.3, -0.25) is 0 Å². The van der Waals surface area contributed by atoms with E-state index in [9.17, 15) is 0 Å². The highest BCUT2D eigenvalue weighted by Gasteiger charge is 2.45. The summed E-state index contributed by atoms with van der Waals surface area (Å²) in [6.07, 6.45) is 6.15. The summed E-state index contributed by atoms with van der Waals surface area (Å²) in [7, 11) is -2.31. The van der Waals surface area contributed by atoms with E-state index >= 15 is 0 Å². The van der Waals surface area contributed by atoms with Crippen LogP contribution < -0.4 is 4.74 Å². The average Bonchev–Trinajstić information content (AvgIpc) is 2.95. The molecule has 0 radical (unpaired) electrons. The minimum Gasteiger partial charge on any atom is -0.497 e. The van der Waals surface area contributed by atoms with E-state index in [0.717, 1.165) is 29.4 Å². The van der Waals surface area contributed by atoms with Crippen molar-refractivity contribution in [1.82, 2.24) is 0 Å². The van der Waals surface area contributed by atoms with Gasteiger partial charge in [-0.1, -0.05) is 85.8 Å². The van der Waals surface area contributed by atoms with Gasteiger partial charge in [-0.25, -0.2) is 0 Å². The van der Waals surface area contributed by atoms with Crippen LogP contribution in [0.2, 0.25) is 36.3 Å². The van der Waals surface area contributed by atoms with Gasteiger partial charge in [0.05, 0.1) is 25.9 Å². The molecule has 1 fully saturated rings. The van der Waals surface area contributed by atoms with Crippen LogP contribution in [-0.4, -0.2) is 49.2 Å². The van der Waals surface area contributed by atoms with Crippen LogP contribution >= 0.6 is 0 Å². The summed E-state index contributed by atoms with van der Waals surface area (Å²) in [4.78, 5) is 0. The van der Waals surface area contributed by atoms with Crippen LogP contribution in [-0.2, 0) is 18.3 Å². The first-order valence-electron chi connectivity index (χ1n) is 16.2. The van der Waals surface area contributed by atoms with Gasteiger partial charge in [-0.15, -0.1) is 0 Å². The molecule has 1 aliphatic heterocycles. The van der Waals surface area contributed by atoms with E-state index in [1.165, 1.54) is 5.57 Å². The second-order valence-electron chi connectivity index (χ2n) is 13.8. The van der Waals surface area contributed by atoms with Gasteiger partial charge in [0.25, 0.3) is 0 Å². The number of hydrogen-bond donors (Lipinski definition) is 0. The van der Waals surface area contributed by atoms with Crippen molar-refractivity contribution in [3.63, 3.8) is 0 Å². The van der Waals surface area contributed by atoms with Crippen molar-refractivity contribution < 1.29 is 23.1 Å². The van der Waals surface area contributed by atoms with Gasteiger partial charge in [-0.05, 0) is 73.7 Å². The highest BCUT2D eigenvalue weighted by molar-refractivity contribution is 6.74. The predicted molar refractivity (Wildman–Crippen MR) is 182 cm³/mol. The Balaban J connectivity index is 2.63. The summed E-state index contributed by atoms with van der Waals surface area (Å²) < 4.78 is 33.1. The fraction of sp³-hybridized carbons (Fsp3) is 0.714. The number of hydrogen-bond acceptors (Lipinski definition) is 5. The van der Waals surface area contributed by atoms with Crippen LogP contribution in [0.5, 0.6) is 5.75 Å². The maximum absolute atomic E-state index is 7.46. The fourth-order valence-electron chi connectivity index (χ4n) is 5.64. The summed E-state index contributed by atoms with van der Waals surface area (Å²) in [5.74, 6) is 1.37. The molecule has 0 spiro atoms. The first-order valence-corrected chi connectivity index (χ1v) is 21.6. The van der Waals surface area contributed by atoms with Crippen LogP contribution in [0.1, 0.15) is 81.1 Å². The van der Waals surface area contributed by atoms with Crippen molar-refractivity contribution in [2.24, 2.45) is 17.8 Å². The van der Waals surface area contributed by atoms with Crippen LogP contribution in [0.15, 0.2) is 48.1 Å². The Bertz CT molecular complexity index is 985. The lowest BCUT2D eigenvalue weighted by atomic mass is 9.84. The summed E-state index contributed by atoms with van der Waals surface area (Å²) >= 11 is 0. The highest BCUT2D eigenvalue weighted by atomic mass is 28.4. The third-order valence-electron chi connectivity index (χ3n) is 9.77. The Morgan fingerprint density at radius 2 is 1.67 bits per heavy atom. The van der Waals surface area contributed by atoms with Crippen molar-refractivity contribution in [1.29, 1.82) is 0 Å². The van der Waals surface area contributed by atoms with Gasteiger partial charge in [0, 0.05) is 24.0 Å². The van der Waals surface area contributed by atoms with Gasteiger partial charge in [0.15, 0.2) is 22.9 Å². The highest BCUT2D eigenvalue weighted by Crippen LogP contribution is 2.41. The zero-order chi connectivity index (χ0) is 31.7. The average molecular weight is 619 g/mol. The normalized spacial score (nSPS) is 23.2. The molecule has 0 aliphatic carbocycles. The van der Waals surface area contributed by atoms with Crippen LogP contribution in [0.4, 0.5) is 0 Å². The standard InChI is InChI=1S/C35H62O5Si2/c1-14-18-26(5)23-27(6)33(40-42(15-2,16-3)17-4)31(25-38-41(12,13)35(8,9)10)32-28(7)24-37-34(39-32)29-19-21-30(36-11)22-20-29/h14,18-23,26,28,31-34H,15-17,24-25H2,1-13H3/b18-14-,27-23+/t26-,28+,31-,32-,33+,34-/m0/s1. The number of rotatable bonds is 15. The quantitative estimate of drug-likeness (QED) is 0.145. The predicted octanol–water partition coefficient (Wildman–Crippen LogP) is 9.93. The molecule has 5 nitrogen and oxygen atoms in total. The van der Waals surface area contributed by atoms with Gasteiger partial charge in [0.2, 0.25) is 0 Å². The van der Waals surface area contributed by atoms with Gasteiger partial charge in [-0.2, -0.15) is 0 Å². The van der Waals surface area contributed by atoms with Crippen molar-refractivity contribution in [3.8, 4) is 5.75 Å². The Morgan fingerprint density at radius 1 is 1.07 bits per heavy atom. The van der Waals surface area contributed by atoms with E-state index in [1.54, 1.807) is 7.11 Å². The molecule has 0 bridgehead atoms. The van der Waals surface area contributed by atoms with E-state index in [2.05, 4.69) is 101 Å². The molecule has 2 rings (SSSR count). The maximum atomic E-state index is 7.46. The molecule has 6 atom stereocenters. The van der Waals surface area contributed by atoms with E-state index in [0.29, 0.717) is 19.1 Å².